The minimum Gasteiger partial charge on any atom is -0.349 e. The Hall–Kier alpha value is -1.12. The van der Waals surface area contributed by atoms with Gasteiger partial charge in [-0.2, -0.15) is 4.31 Å². The van der Waals surface area contributed by atoms with Crippen LogP contribution in [-0.4, -0.2) is 31.7 Å². The highest BCUT2D eigenvalue weighted by Gasteiger charge is 2.34. The molecule has 27 heavy (non-hydrogen) atoms. The zero-order valence-corrected chi connectivity index (χ0v) is 17.8. The van der Waals surface area contributed by atoms with Crippen molar-refractivity contribution in [1.29, 1.82) is 0 Å². The van der Waals surface area contributed by atoms with Gasteiger partial charge in [-0.15, -0.1) is 11.3 Å². The number of thiophene rings is 1. The molecule has 1 aromatic heterocycles. The first-order chi connectivity index (χ1) is 12.8. The van der Waals surface area contributed by atoms with Gasteiger partial charge in [-0.05, 0) is 48.9 Å². The second-order valence-electron chi connectivity index (χ2n) is 6.54. The Morgan fingerprint density at radius 3 is 2.74 bits per heavy atom. The van der Waals surface area contributed by atoms with Gasteiger partial charge in [-0.3, -0.25) is 4.79 Å². The molecule has 3 rings (SSSR count). The number of halogens is 2. The number of nitrogens with zero attached hydrogens (tertiary/aromatic N) is 1. The Labute approximate surface area is 173 Å². The highest BCUT2D eigenvalue weighted by atomic mass is 35.5. The Morgan fingerprint density at radius 2 is 2.07 bits per heavy atom. The normalized spacial score (nSPS) is 19.6. The third-order valence-corrected chi connectivity index (χ3v) is 8.62. The topological polar surface area (TPSA) is 66.5 Å². The maximum Gasteiger partial charge on any atom is 0.252 e. The van der Waals surface area contributed by atoms with Gasteiger partial charge < -0.3 is 5.32 Å². The molecule has 146 valence electrons. The molecule has 1 aliphatic heterocycles. The minimum absolute atomic E-state index is 0.153. The number of sulfonamides is 1. The van der Waals surface area contributed by atoms with Gasteiger partial charge in [-0.25, -0.2) is 8.42 Å². The average Bonchev–Trinajstić information content (AvgIpc) is 3.19. The number of rotatable bonds is 5. The van der Waals surface area contributed by atoms with E-state index in [0.717, 1.165) is 5.56 Å². The monoisotopic (exact) mass is 446 g/mol. The van der Waals surface area contributed by atoms with E-state index in [2.05, 4.69) is 5.32 Å². The summed E-state index contributed by atoms with van der Waals surface area (Å²) in [6, 6.07) is 8.28. The lowest BCUT2D eigenvalue weighted by molar-refractivity contribution is -0.126. The van der Waals surface area contributed by atoms with Gasteiger partial charge >= 0.3 is 0 Å². The Morgan fingerprint density at radius 1 is 1.30 bits per heavy atom. The first-order valence-electron chi connectivity index (χ1n) is 8.58. The van der Waals surface area contributed by atoms with Crippen molar-refractivity contribution < 1.29 is 13.2 Å². The Bertz CT molecular complexity index is 917. The summed E-state index contributed by atoms with van der Waals surface area (Å²) in [4.78, 5) is 12.7. The fraction of sp³-hybridized carbons (Fsp3) is 0.389. The van der Waals surface area contributed by atoms with Gasteiger partial charge in [0.15, 0.2) is 0 Å². The van der Waals surface area contributed by atoms with Crippen molar-refractivity contribution in [3.05, 3.63) is 51.3 Å². The van der Waals surface area contributed by atoms with Crippen LogP contribution in [-0.2, 0) is 14.8 Å². The van der Waals surface area contributed by atoms with E-state index in [1.807, 2.05) is 13.0 Å². The van der Waals surface area contributed by atoms with Crippen molar-refractivity contribution in [2.24, 2.45) is 5.92 Å². The smallest absolute Gasteiger partial charge is 0.252 e. The number of benzene rings is 1. The van der Waals surface area contributed by atoms with Gasteiger partial charge in [-0.1, -0.05) is 35.3 Å². The lowest BCUT2D eigenvalue weighted by Crippen LogP contribution is -2.45. The fourth-order valence-electron chi connectivity index (χ4n) is 3.11. The van der Waals surface area contributed by atoms with Gasteiger partial charge in [0.05, 0.1) is 22.0 Å². The van der Waals surface area contributed by atoms with E-state index in [9.17, 15) is 13.2 Å². The number of hydrogen-bond donors (Lipinski definition) is 1. The van der Waals surface area contributed by atoms with Crippen molar-refractivity contribution in [2.75, 3.05) is 13.1 Å². The first-order valence-corrected chi connectivity index (χ1v) is 11.7. The van der Waals surface area contributed by atoms with Crippen LogP contribution in [0, 0.1) is 5.92 Å². The second kappa shape index (κ2) is 8.49. The van der Waals surface area contributed by atoms with Crippen LogP contribution in [0.25, 0.3) is 0 Å². The molecule has 9 heteroatoms. The van der Waals surface area contributed by atoms with Crippen LogP contribution < -0.4 is 5.32 Å². The van der Waals surface area contributed by atoms with Crippen molar-refractivity contribution in [3.8, 4) is 0 Å². The summed E-state index contributed by atoms with van der Waals surface area (Å²) in [5.74, 6) is -0.529. The highest BCUT2D eigenvalue weighted by molar-refractivity contribution is 7.91. The molecule has 1 aromatic carbocycles. The Kier molecular flexibility index (Phi) is 6.48. The van der Waals surface area contributed by atoms with E-state index in [1.54, 1.807) is 29.6 Å². The minimum atomic E-state index is -3.54. The van der Waals surface area contributed by atoms with Gasteiger partial charge in [0.25, 0.3) is 10.0 Å². The summed E-state index contributed by atoms with van der Waals surface area (Å²) in [6.07, 6.45) is 1.32. The molecule has 2 aromatic rings. The van der Waals surface area contributed by atoms with E-state index < -0.39 is 10.0 Å². The molecule has 0 spiro atoms. The molecule has 1 fully saturated rings. The maximum absolute atomic E-state index is 12.7. The zero-order valence-electron chi connectivity index (χ0n) is 14.7. The largest absolute Gasteiger partial charge is 0.349 e. The zero-order chi connectivity index (χ0) is 19.6. The molecular formula is C18H20Cl2N2O3S2. The number of carbonyl (C=O) groups is 1. The molecular weight excluding hydrogens is 427 g/mol. The van der Waals surface area contributed by atoms with Crippen LogP contribution in [0.5, 0.6) is 0 Å². The van der Waals surface area contributed by atoms with Crippen LogP contribution in [0.4, 0.5) is 0 Å². The molecule has 1 amide bonds. The number of piperidine rings is 1. The van der Waals surface area contributed by atoms with Gasteiger partial charge in [0.1, 0.15) is 4.21 Å². The molecule has 0 radical (unpaired) electrons. The summed E-state index contributed by atoms with van der Waals surface area (Å²) in [5.41, 5.74) is 0.844. The molecule has 1 saturated heterocycles. The number of nitrogens with one attached hydrogen (secondary N) is 1. The second-order valence-corrected chi connectivity index (χ2v) is 10.5. The van der Waals surface area contributed by atoms with Crippen LogP contribution in [0.15, 0.2) is 39.9 Å². The third kappa shape index (κ3) is 4.66. The summed E-state index contributed by atoms with van der Waals surface area (Å²) < 4.78 is 27.1. The van der Waals surface area contributed by atoms with Crippen molar-refractivity contribution in [2.45, 2.75) is 30.0 Å². The van der Waals surface area contributed by atoms with Crippen molar-refractivity contribution >= 4 is 50.5 Å². The maximum atomic E-state index is 12.7. The van der Waals surface area contributed by atoms with Crippen LogP contribution >= 0.6 is 34.5 Å². The van der Waals surface area contributed by atoms with Crippen molar-refractivity contribution in [1.82, 2.24) is 9.62 Å². The lowest BCUT2D eigenvalue weighted by Gasteiger charge is -2.31. The lowest BCUT2D eigenvalue weighted by atomic mass is 9.98. The first kappa shape index (κ1) is 20.6. The number of hydrogen-bond acceptors (Lipinski definition) is 4. The molecule has 2 heterocycles. The standard InChI is InChI=1S/C18H20Cl2N2O3S2/c1-12(13-6-7-15(19)16(20)10-13)21-18(23)14-4-2-8-22(11-14)27(24,25)17-5-3-9-26-17/h3,5-7,9-10,12,14H,2,4,8,11H2,1H3,(H,21,23). The fourth-order valence-corrected chi connectivity index (χ4v) is 6.08. The average molecular weight is 447 g/mol. The van der Waals surface area contributed by atoms with E-state index in [-0.39, 0.29) is 24.4 Å². The van der Waals surface area contributed by atoms with E-state index in [0.29, 0.717) is 33.6 Å². The summed E-state index contributed by atoms with van der Waals surface area (Å²) in [7, 11) is -3.54. The van der Waals surface area contributed by atoms with Gasteiger partial charge in [0, 0.05) is 13.1 Å². The molecule has 2 atom stereocenters. The van der Waals surface area contributed by atoms with Crippen LogP contribution in [0.3, 0.4) is 0 Å². The molecule has 1 N–H and O–H groups in total. The third-order valence-electron chi connectivity index (χ3n) is 4.65. The number of carbonyl (C=O) groups excluding carboxylic acids is 1. The molecule has 0 aliphatic carbocycles. The molecule has 5 nitrogen and oxygen atoms in total. The van der Waals surface area contributed by atoms with Crippen LogP contribution in [0.1, 0.15) is 31.4 Å². The van der Waals surface area contributed by atoms with E-state index in [1.165, 1.54) is 15.6 Å². The quantitative estimate of drug-likeness (QED) is 0.742. The summed E-state index contributed by atoms with van der Waals surface area (Å²) in [5, 5.41) is 5.59. The predicted octanol–water partition coefficient (Wildman–Crippen LogP) is 4.33. The van der Waals surface area contributed by atoms with Gasteiger partial charge in [0.2, 0.25) is 5.91 Å². The summed E-state index contributed by atoms with van der Waals surface area (Å²) >= 11 is 13.2. The van der Waals surface area contributed by atoms with Crippen LogP contribution in [0.2, 0.25) is 10.0 Å². The molecule has 2 unspecified atom stereocenters. The predicted molar refractivity (Wildman–Crippen MR) is 109 cm³/mol. The molecule has 0 bridgehead atoms. The van der Waals surface area contributed by atoms with E-state index >= 15 is 0 Å². The number of amides is 1. The molecule has 0 saturated carbocycles. The molecule has 1 aliphatic rings. The van der Waals surface area contributed by atoms with E-state index in [4.69, 9.17) is 23.2 Å². The summed E-state index contributed by atoms with van der Waals surface area (Å²) in [6.45, 7) is 2.49. The Balaban J connectivity index is 1.67. The van der Waals surface area contributed by atoms with Crippen molar-refractivity contribution in [3.63, 3.8) is 0 Å². The highest BCUT2D eigenvalue weighted by Crippen LogP contribution is 2.28. The SMILES string of the molecule is CC(NC(=O)C1CCCN(S(=O)(=O)c2cccs2)C1)c1ccc(Cl)c(Cl)c1.